The Bertz CT molecular complexity index is 3390. The number of aromatic nitrogens is 1. The van der Waals surface area contributed by atoms with Crippen LogP contribution in [0.3, 0.4) is 0 Å². The Kier molecular flexibility index (Phi) is 7.13. The average Bonchev–Trinajstić information content (AvgIpc) is 3.84. The summed E-state index contributed by atoms with van der Waals surface area (Å²) in [5.41, 5.74) is 11.8. The molecule has 0 spiro atoms. The quantitative estimate of drug-likeness (QED) is 0.170. The monoisotopic (exact) mass is 742 g/mol. The molecule has 57 heavy (non-hydrogen) atoms. The molecule has 3 heterocycles. The molecule has 0 N–H and O–H groups in total. The predicted molar refractivity (Wildman–Crippen MR) is 246 cm³/mol. The van der Waals surface area contributed by atoms with Crippen molar-refractivity contribution in [2.24, 2.45) is 0 Å². The molecule has 0 amide bonds. The third-order valence-electron chi connectivity index (χ3n) is 11.7. The van der Waals surface area contributed by atoms with E-state index < -0.39 is 0 Å². The van der Waals surface area contributed by atoms with Crippen molar-refractivity contribution in [1.29, 1.82) is 0 Å². The van der Waals surface area contributed by atoms with Crippen LogP contribution in [-0.4, -0.2) is 4.40 Å². The van der Waals surface area contributed by atoms with Crippen LogP contribution in [0.25, 0.3) is 91.3 Å². The van der Waals surface area contributed by atoms with Gasteiger partial charge in [-0.05, 0) is 99.1 Å². The summed E-state index contributed by atoms with van der Waals surface area (Å²) in [5.74, 6) is 0. The molecule has 9 aromatic carbocycles. The number of anilines is 3. The number of hydrogen-bond acceptors (Lipinski definition) is 2. The van der Waals surface area contributed by atoms with E-state index in [0.29, 0.717) is 0 Å². The Morgan fingerprint density at radius 3 is 1.49 bits per heavy atom. The highest BCUT2D eigenvalue weighted by molar-refractivity contribution is 7.26. The van der Waals surface area contributed by atoms with Crippen molar-refractivity contribution >= 4 is 97.4 Å². The molecule has 0 aliphatic carbocycles. The first-order chi connectivity index (χ1) is 28.3. The summed E-state index contributed by atoms with van der Waals surface area (Å²) in [4.78, 5) is 2.40. The van der Waals surface area contributed by atoms with E-state index in [0.717, 1.165) is 17.1 Å². The van der Waals surface area contributed by atoms with Gasteiger partial charge in [-0.3, -0.25) is 0 Å². The number of nitrogens with zero attached hydrogens (tertiary/aromatic N) is 2. The third-order valence-corrected chi connectivity index (χ3v) is 12.9. The molecule has 0 atom stereocenters. The van der Waals surface area contributed by atoms with E-state index in [1.54, 1.807) is 0 Å². The first kappa shape index (κ1) is 32.1. The van der Waals surface area contributed by atoms with Gasteiger partial charge >= 0.3 is 0 Å². The smallest absolute Gasteiger partial charge is 0.0634 e. The highest BCUT2D eigenvalue weighted by Gasteiger charge is 2.21. The summed E-state index contributed by atoms with van der Waals surface area (Å²) >= 11 is 1.90. The number of benzene rings is 9. The van der Waals surface area contributed by atoms with E-state index in [-0.39, 0.29) is 0 Å². The lowest BCUT2D eigenvalue weighted by Crippen LogP contribution is -2.09. The van der Waals surface area contributed by atoms with Gasteiger partial charge in [0.2, 0.25) is 0 Å². The van der Waals surface area contributed by atoms with Crippen LogP contribution in [0.15, 0.2) is 206 Å². The molecule has 0 saturated heterocycles. The highest BCUT2D eigenvalue weighted by atomic mass is 32.1. The third kappa shape index (κ3) is 4.96. The Labute approximate surface area is 333 Å². The number of hydrogen-bond donors (Lipinski definition) is 0. The van der Waals surface area contributed by atoms with Crippen molar-refractivity contribution in [2.45, 2.75) is 0 Å². The van der Waals surface area contributed by atoms with Gasteiger partial charge < -0.3 is 9.30 Å². The summed E-state index contributed by atoms with van der Waals surface area (Å²) in [7, 11) is 0. The molecule has 0 unspecified atom stereocenters. The molecule has 2 nitrogen and oxygen atoms in total. The number of rotatable bonds is 5. The lowest BCUT2D eigenvalue weighted by Gasteiger charge is -2.26. The number of para-hydroxylation sites is 1. The fraction of sp³-hybridized carbons (Fsp3) is 0. The van der Waals surface area contributed by atoms with Gasteiger partial charge in [0.25, 0.3) is 0 Å². The van der Waals surface area contributed by atoms with Gasteiger partial charge in [0.05, 0.1) is 16.6 Å². The van der Waals surface area contributed by atoms with Gasteiger partial charge in [0, 0.05) is 53.4 Å². The minimum atomic E-state index is 1.11. The van der Waals surface area contributed by atoms with Crippen LogP contribution in [-0.2, 0) is 0 Å². The standard InChI is InChI=1S/C54H34N2S/c1-3-12-35(13-4-1)37-22-26-39(27-23-37)55(40-28-24-38(25-29-40)36-14-5-2-6-15-36)41-30-32-49-47(34-41)46-31-33-51-53-52-45(19-11-21-50(52)57-51)43-17-8-7-16-42(43)44-18-9-10-20-48(44)56(49)54(46)53/h1-34H. The molecule has 12 rings (SSSR count). The van der Waals surface area contributed by atoms with Crippen LogP contribution < -0.4 is 4.90 Å². The van der Waals surface area contributed by atoms with Crippen LogP contribution in [0.5, 0.6) is 0 Å². The molecule has 266 valence electrons. The Balaban J connectivity index is 1.15. The van der Waals surface area contributed by atoms with Crippen molar-refractivity contribution in [2.75, 3.05) is 4.90 Å². The highest BCUT2D eigenvalue weighted by Crippen LogP contribution is 2.47. The van der Waals surface area contributed by atoms with Crippen LogP contribution in [0.4, 0.5) is 17.1 Å². The molecule has 0 aliphatic heterocycles. The van der Waals surface area contributed by atoms with Gasteiger partial charge in [-0.15, -0.1) is 11.3 Å². The van der Waals surface area contributed by atoms with Gasteiger partial charge in [-0.2, -0.15) is 0 Å². The molecule has 3 heteroatoms. The van der Waals surface area contributed by atoms with Gasteiger partial charge in [-0.25, -0.2) is 0 Å². The summed E-state index contributed by atoms with van der Waals surface area (Å²) in [5, 5.41) is 10.2. The van der Waals surface area contributed by atoms with Crippen molar-refractivity contribution in [3.63, 3.8) is 0 Å². The maximum absolute atomic E-state index is 2.55. The fourth-order valence-electron chi connectivity index (χ4n) is 9.17. The predicted octanol–water partition coefficient (Wildman–Crippen LogP) is 15.7. The summed E-state index contributed by atoms with van der Waals surface area (Å²) < 4.78 is 5.17. The summed E-state index contributed by atoms with van der Waals surface area (Å²) in [6.07, 6.45) is 0. The molecule has 12 aromatic rings. The molecule has 0 fully saturated rings. The van der Waals surface area contributed by atoms with Crippen LogP contribution in [0.1, 0.15) is 0 Å². The largest absolute Gasteiger partial charge is 0.310 e. The Morgan fingerprint density at radius 2 is 0.825 bits per heavy atom. The minimum Gasteiger partial charge on any atom is -0.310 e. The molecule has 0 saturated carbocycles. The van der Waals surface area contributed by atoms with Crippen LogP contribution >= 0.6 is 11.3 Å². The molecular formula is C54H34N2S. The maximum Gasteiger partial charge on any atom is 0.0634 e. The van der Waals surface area contributed by atoms with E-state index in [9.17, 15) is 0 Å². The van der Waals surface area contributed by atoms with Crippen molar-refractivity contribution in [3.05, 3.63) is 206 Å². The maximum atomic E-state index is 2.55. The van der Waals surface area contributed by atoms with E-state index in [1.807, 2.05) is 11.3 Å². The Hall–Kier alpha value is -7.20. The van der Waals surface area contributed by atoms with Gasteiger partial charge in [0.15, 0.2) is 0 Å². The zero-order chi connectivity index (χ0) is 37.5. The second-order valence-electron chi connectivity index (χ2n) is 14.9. The molecular weight excluding hydrogens is 709 g/mol. The topological polar surface area (TPSA) is 7.65 Å². The van der Waals surface area contributed by atoms with Gasteiger partial charge in [-0.1, -0.05) is 146 Å². The SMILES string of the molecule is c1ccc(-c2ccc(N(c3ccc(-c4ccccc4)cc3)c3ccc4c(c3)c3ccc5sc6cccc7c8ccccc8c8ccccc8n4c3c5c67)cc2)cc1. The molecule has 3 aromatic heterocycles. The second kappa shape index (κ2) is 12.7. The lowest BCUT2D eigenvalue weighted by atomic mass is 10.0. The zero-order valence-electron chi connectivity index (χ0n) is 30.9. The normalized spacial score (nSPS) is 11.9. The van der Waals surface area contributed by atoms with Crippen molar-refractivity contribution in [1.82, 2.24) is 4.40 Å². The number of thiophene rings is 1. The van der Waals surface area contributed by atoms with Gasteiger partial charge in [0.1, 0.15) is 0 Å². The van der Waals surface area contributed by atoms with Crippen molar-refractivity contribution in [3.8, 4) is 22.3 Å². The Morgan fingerprint density at radius 1 is 0.316 bits per heavy atom. The second-order valence-corrected chi connectivity index (χ2v) is 16.0. The lowest BCUT2D eigenvalue weighted by molar-refractivity contribution is 1.28. The van der Waals surface area contributed by atoms with Crippen LogP contribution in [0, 0.1) is 0 Å². The summed E-state index contributed by atoms with van der Waals surface area (Å²) in [6, 6.07) is 75.7. The zero-order valence-corrected chi connectivity index (χ0v) is 31.7. The van der Waals surface area contributed by atoms with Crippen LogP contribution in [0.2, 0.25) is 0 Å². The van der Waals surface area contributed by atoms with E-state index in [4.69, 9.17) is 0 Å². The first-order valence-electron chi connectivity index (χ1n) is 19.5. The fourth-order valence-corrected chi connectivity index (χ4v) is 10.3. The average molecular weight is 743 g/mol. The number of fused-ring (bicyclic) bond motifs is 8. The minimum absolute atomic E-state index is 1.11. The van der Waals surface area contributed by atoms with E-state index >= 15 is 0 Å². The molecule has 0 radical (unpaired) electrons. The van der Waals surface area contributed by atoms with Crippen molar-refractivity contribution < 1.29 is 0 Å². The van der Waals surface area contributed by atoms with E-state index in [1.165, 1.54) is 91.3 Å². The molecule has 0 aliphatic rings. The van der Waals surface area contributed by atoms with E-state index in [2.05, 4.69) is 216 Å². The summed E-state index contributed by atoms with van der Waals surface area (Å²) in [6.45, 7) is 0. The molecule has 0 bridgehead atoms. The first-order valence-corrected chi connectivity index (χ1v) is 20.3.